The summed E-state index contributed by atoms with van der Waals surface area (Å²) < 4.78 is 20.4. The lowest BCUT2D eigenvalue weighted by atomic mass is 9.90. The van der Waals surface area contributed by atoms with Gasteiger partial charge in [-0.25, -0.2) is 4.39 Å². The number of piperidine rings is 1. The van der Waals surface area contributed by atoms with E-state index in [-0.39, 0.29) is 11.7 Å². The van der Waals surface area contributed by atoms with Gasteiger partial charge in [-0.05, 0) is 55.0 Å². The van der Waals surface area contributed by atoms with Crippen LogP contribution in [0, 0.1) is 11.7 Å². The summed E-state index contributed by atoms with van der Waals surface area (Å²) in [5.41, 5.74) is 2.45. The van der Waals surface area contributed by atoms with Gasteiger partial charge in [-0.1, -0.05) is 12.1 Å². The molecule has 4 rings (SSSR count). The number of hydrogen-bond donors (Lipinski definition) is 0. The van der Waals surface area contributed by atoms with Crippen molar-refractivity contribution in [2.24, 2.45) is 13.0 Å². The Morgan fingerprint density at radius 2 is 1.93 bits per heavy atom. The van der Waals surface area contributed by atoms with Crippen LogP contribution in [0.15, 0.2) is 42.6 Å². The Morgan fingerprint density at radius 3 is 2.61 bits per heavy atom. The lowest BCUT2D eigenvalue weighted by Gasteiger charge is -2.32. The molecule has 3 heterocycles. The zero-order chi connectivity index (χ0) is 19.7. The van der Waals surface area contributed by atoms with Gasteiger partial charge in [-0.15, -0.1) is 0 Å². The Morgan fingerprint density at radius 1 is 1.21 bits per heavy atom. The normalized spacial score (nSPS) is 15.2. The van der Waals surface area contributed by atoms with E-state index in [4.69, 9.17) is 4.74 Å². The molecule has 3 aromatic rings. The van der Waals surface area contributed by atoms with Gasteiger partial charge in [0.15, 0.2) is 0 Å². The minimum absolute atomic E-state index is 0.0321. The zero-order valence-electron chi connectivity index (χ0n) is 16.2. The van der Waals surface area contributed by atoms with Crippen LogP contribution in [0.3, 0.4) is 0 Å². The van der Waals surface area contributed by atoms with Crippen LogP contribution in [0.1, 0.15) is 28.8 Å². The smallest absolute Gasteiger partial charge is 0.259 e. The molecule has 0 atom stereocenters. The average Bonchev–Trinajstić information content (AvgIpc) is 3.08. The van der Waals surface area contributed by atoms with E-state index in [2.05, 4.69) is 4.98 Å². The minimum Gasteiger partial charge on any atom is -0.480 e. The minimum atomic E-state index is -0.206. The van der Waals surface area contributed by atoms with Crippen LogP contribution in [0.2, 0.25) is 0 Å². The van der Waals surface area contributed by atoms with Gasteiger partial charge < -0.3 is 14.2 Å². The van der Waals surface area contributed by atoms with Crippen LogP contribution in [0.25, 0.3) is 11.0 Å². The lowest BCUT2D eigenvalue weighted by molar-refractivity contribution is 0.0686. The molecule has 28 heavy (non-hydrogen) atoms. The second kappa shape index (κ2) is 7.62. The van der Waals surface area contributed by atoms with Crippen molar-refractivity contribution < 1.29 is 13.9 Å². The number of likely N-dealkylation sites (tertiary alicyclic amines) is 1. The van der Waals surface area contributed by atoms with Gasteiger partial charge in [0.2, 0.25) is 5.88 Å². The summed E-state index contributed by atoms with van der Waals surface area (Å²) >= 11 is 0. The van der Waals surface area contributed by atoms with E-state index in [9.17, 15) is 9.18 Å². The quantitative estimate of drug-likeness (QED) is 0.690. The van der Waals surface area contributed by atoms with Gasteiger partial charge in [-0.3, -0.25) is 4.79 Å². The van der Waals surface area contributed by atoms with E-state index in [1.807, 2.05) is 47.0 Å². The van der Waals surface area contributed by atoms with E-state index in [0.29, 0.717) is 30.5 Å². The molecule has 146 valence electrons. The highest BCUT2D eigenvalue weighted by atomic mass is 19.1. The molecule has 0 spiro atoms. The van der Waals surface area contributed by atoms with Gasteiger partial charge in [0.05, 0.1) is 7.11 Å². The SMILES string of the molecule is COc1nc2c(ccn2C)cc1C(=O)N1CCC(Cc2ccc(F)cc2)CC1. The molecule has 0 unspecified atom stereocenters. The molecular weight excluding hydrogens is 357 g/mol. The first-order valence-electron chi connectivity index (χ1n) is 9.59. The second-order valence-corrected chi connectivity index (χ2v) is 7.45. The first-order chi connectivity index (χ1) is 13.5. The third kappa shape index (κ3) is 3.59. The van der Waals surface area contributed by atoms with Crippen molar-refractivity contribution in [1.29, 1.82) is 0 Å². The number of pyridine rings is 1. The summed E-state index contributed by atoms with van der Waals surface area (Å²) in [6.45, 7) is 1.42. The van der Waals surface area contributed by atoms with Crippen LogP contribution in [-0.2, 0) is 13.5 Å². The fourth-order valence-electron chi connectivity index (χ4n) is 3.94. The molecule has 2 aromatic heterocycles. The molecule has 0 aliphatic carbocycles. The first kappa shape index (κ1) is 18.5. The molecule has 5 nitrogen and oxygen atoms in total. The maximum absolute atomic E-state index is 13.1. The number of amides is 1. The summed E-state index contributed by atoms with van der Waals surface area (Å²) in [5.74, 6) is 0.635. The number of carbonyl (C=O) groups is 1. The molecule has 6 heteroatoms. The molecular formula is C22H24FN3O2. The monoisotopic (exact) mass is 381 g/mol. The van der Waals surface area contributed by atoms with Crippen LogP contribution < -0.4 is 4.74 Å². The summed E-state index contributed by atoms with van der Waals surface area (Å²) in [6, 6.07) is 10.5. The largest absolute Gasteiger partial charge is 0.480 e. The number of aryl methyl sites for hydroxylation is 1. The molecule has 1 fully saturated rings. The number of hydrogen-bond acceptors (Lipinski definition) is 3. The van der Waals surface area contributed by atoms with E-state index >= 15 is 0 Å². The highest BCUT2D eigenvalue weighted by Gasteiger charge is 2.26. The molecule has 0 bridgehead atoms. The number of benzene rings is 1. The van der Waals surface area contributed by atoms with Gasteiger partial charge in [0.25, 0.3) is 5.91 Å². The van der Waals surface area contributed by atoms with Crippen molar-refractivity contribution in [2.45, 2.75) is 19.3 Å². The van der Waals surface area contributed by atoms with E-state index in [1.54, 1.807) is 7.11 Å². The number of methoxy groups -OCH3 is 1. The predicted octanol–water partition coefficient (Wildman–Crippen LogP) is 3.82. The Labute approximate surface area is 163 Å². The number of aromatic nitrogens is 2. The van der Waals surface area contributed by atoms with E-state index in [1.165, 1.54) is 12.1 Å². The summed E-state index contributed by atoms with van der Waals surface area (Å²) in [5, 5.41) is 0.929. The maximum atomic E-state index is 13.1. The van der Waals surface area contributed by atoms with E-state index < -0.39 is 0 Å². The number of halogens is 1. The molecule has 1 saturated heterocycles. The third-order valence-corrected chi connectivity index (χ3v) is 5.57. The zero-order valence-corrected chi connectivity index (χ0v) is 16.2. The third-order valence-electron chi connectivity index (χ3n) is 5.57. The van der Waals surface area contributed by atoms with E-state index in [0.717, 1.165) is 35.9 Å². The van der Waals surface area contributed by atoms with Crippen molar-refractivity contribution in [3.05, 3.63) is 59.5 Å². The summed E-state index contributed by atoms with van der Waals surface area (Å²) in [6.07, 6.45) is 4.72. The first-order valence-corrected chi connectivity index (χ1v) is 9.59. The fraction of sp³-hybridized carbons (Fsp3) is 0.364. The topological polar surface area (TPSA) is 47.4 Å². The van der Waals surface area contributed by atoms with Gasteiger partial charge >= 0.3 is 0 Å². The van der Waals surface area contributed by atoms with Crippen LogP contribution in [0.5, 0.6) is 5.88 Å². The Bertz CT molecular complexity index is 989. The number of carbonyl (C=O) groups excluding carboxylic acids is 1. The van der Waals surface area contributed by atoms with Gasteiger partial charge in [0, 0.05) is 31.7 Å². The van der Waals surface area contributed by atoms with Crippen molar-refractivity contribution in [3.63, 3.8) is 0 Å². The molecule has 0 N–H and O–H groups in total. The Hall–Kier alpha value is -2.89. The average molecular weight is 381 g/mol. The Balaban J connectivity index is 1.45. The van der Waals surface area contributed by atoms with Gasteiger partial charge in [-0.2, -0.15) is 4.98 Å². The van der Waals surface area contributed by atoms with Gasteiger partial charge in [0.1, 0.15) is 17.0 Å². The van der Waals surface area contributed by atoms with Crippen molar-refractivity contribution in [1.82, 2.24) is 14.5 Å². The molecule has 0 saturated carbocycles. The second-order valence-electron chi connectivity index (χ2n) is 7.45. The van der Waals surface area contributed by atoms with Crippen molar-refractivity contribution in [3.8, 4) is 5.88 Å². The number of rotatable bonds is 4. The summed E-state index contributed by atoms with van der Waals surface area (Å²) in [4.78, 5) is 19.5. The highest BCUT2D eigenvalue weighted by Crippen LogP contribution is 2.27. The lowest BCUT2D eigenvalue weighted by Crippen LogP contribution is -2.39. The molecule has 1 aromatic carbocycles. The molecule has 0 radical (unpaired) electrons. The van der Waals surface area contributed by atoms with Crippen molar-refractivity contribution in [2.75, 3.05) is 20.2 Å². The fourth-order valence-corrected chi connectivity index (χ4v) is 3.94. The molecule has 1 aliphatic heterocycles. The van der Waals surface area contributed by atoms with Crippen LogP contribution >= 0.6 is 0 Å². The number of fused-ring (bicyclic) bond motifs is 1. The highest BCUT2D eigenvalue weighted by molar-refractivity contribution is 5.99. The number of ether oxygens (including phenoxy) is 1. The van der Waals surface area contributed by atoms with Crippen molar-refractivity contribution >= 4 is 16.9 Å². The molecule has 1 amide bonds. The predicted molar refractivity (Wildman–Crippen MR) is 106 cm³/mol. The molecule has 1 aliphatic rings. The summed E-state index contributed by atoms with van der Waals surface area (Å²) in [7, 11) is 3.46. The number of nitrogens with zero attached hydrogens (tertiary/aromatic N) is 3. The maximum Gasteiger partial charge on any atom is 0.259 e. The Kier molecular flexibility index (Phi) is 5.03. The van der Waals surface area contributed by atoms with Crippen LogP contribution in [0.4, 0.5) is 4.39 Å². The van der Waals surface area contributed by atoms with Crippen LogP contribution in [-0.4, -0.2) is 40.6 Å². The standard InChI is InChI=1S/C22H24FN3O2/c1-25-10-9-17-14-19(21(28-2)24-20(17)25)22(27)26-11-7-16(8-12-26)13-15-3-5-18(23)6-4-15/h3-6,9-10,14,16H,7-8,11-13H2,1-2H3.